The molecular weight excluding hydrogens is 110 g/mol. The highest BCUT2D eigenvalue weighted by atomic mass is 15.0. The molecule has 2 aliphatic rings. The van der Waals surface area contributed by atoms with Gasteiger partial charge in [0.25, 0.3) is 0 Å². The van der Waals surface area contributed by atoms with E-state index in [1.807, 2.05) is 0 Å². The lowest BCUT2D eigenvalue weighted by Gasteiger charge is -2.38. The van der Waals surface area contributed by atoms with Crippen LogP contribution in [0.1, 0.15) is 32.6 Å². The molecule has 1 heterocycles. The summed E-state index contributed by atoms with van der Waals surface area (Å²) in [7, 11) is 0. The van der Waals surface area contributed by atoms with Gasteiger partial charge in [-0.1, -0.05) is 6.92 Å². The Morgan fingerprint density at radius 2 is 2.22 bits per heavy atom. The van der Waals surface area contributed by atoms with Gasteiger partial charge in [-0.2, -0.15) is 0 Å². The van der Waals surface area contributed by atoms with E-state index in [-0.39, 0.29) is 0 Å². The van der Waals surface area contributed by atoms with Crippen molar-refractivity contribution in [3.8, 4) is 0 Å². The topological polar surface area (TPSA) is 12.0 Å². The summed E-state index contributed by atoms with van der Waals surface area (Å²) in [6, 6.07) is 0. The molecule has 1 aliphatic carbocycles. The van der Waals surface area contributed by atoms with Crippen molar-refractivity contribution in [2.45, 2.75) is 38.1 Å². The zero-order valence-corrected chi connectivity index (χ0v) is 6.11. The second-order valence-corrected chi connectivity index (χ2v) is 3.82. The fourth-order valence-corrected chi connectivity index (χ4v) is 2.19. The van der Waals surface area contributed by atoms with E-state index >= 15 is 0 Å². The van der Waals surface area contributed by atoms with Crippen LogP contribution in [0.2, 0.25) is 0 Å². The molecule has 9 heavy (non-hydrogen) atoms. The zero-order valence-electron chi connectivity index (χ0n) is 6.11. The summed E-state index contributed by atoms with van der Waals surface area (Å²) in [5.74, 6) is 0.935. The van der Waals surface area contributed by atoms with E-state index in [1.54, 1.807) is 0 Å². The highest BCUT2D eigenvalue weighted by Crippen LogP contribution is 2.40. The van der Waals surface area contributed by atoms with Gasteiger partial charge in [-0.3, -0.25) is 0 Å². The SMILES string of the molecule is CC1CNC2(CCC2)C1. The quantitative estimate of drug-likeness (QED) is 0.518. The molecule has 0 aromatic carbocycles. The van der Waals surface area contributed by atoms with Crippen LogP contribution in [-0.4, -0.2) is 12.1 Å². The van der Waals surface area contributed by atoms with Crippen molar-refractivity contribution in [1.29, 1.82) is 0 Å². The van der Waals surface area contributed by atoms with Crippen molar-refractivity contribution >= 4 is 0 Å². The number of hydrogen-bond donors (Lipinski definition) is 1. The van der Waals surface area contributed by atoms with Crippen molar-refractivity contribution in [2.24, 2.45) is 5.92 Å². The van der Waals surface area contributed by atoms with Gasteiger partial charge in [0, 0.05) is 5.54 Å². The van der Waals surface area contributed by atoms with Crippen molar-refractivity contribution in [3.05, 3.63) is 0 Å². The summed E-state index contributed by atoms with van der Waals surface area (Å²) in [4.78, 5) is 0. The summed E-state index contributed by atoms with van der Waals surface area (Å²) < 4.78 is 0. The predicted octanol–water partition coefficient (Wildman–Crippen LogP) is 1.54. The van der Waals surface area contributed by atoms with Gasteiger partial charge in [-0.25, -0.2) is 0 Å². The lowest BCUT2D eigenvalue weighted by molar-refractivity contribution is 0.211. The van der Waals surface area contributed by atoms with Gasteiger partial charge in [0.15, 0.2) is 0 Å². The molecule has 1 N–H and O–H groups in total. The van der Waals surface area contributed by atoms with E-state index in [2.05, 4.69) is 12.2 Å². The van der Waals surface area contributed by atoms with Gasteiger partial charge < -0.3 is 5.32 Å². The lowest BCUT2D eigenvalue weighted by atomic mass is 9.75. The average Bonchev–Trinajstić information content (AvgIpc) is 2.09. The van der Waals surface area contributed by atoms with Gasteiger partial charge in [0.05, 0.1) is 0 Å². The van der Waals surface area contributed by atoms with Crippen LogP contribution in [0.5, 0.6) is 0 Å². The molecule has 0 radical (unpaired) electrons. The lowest BCUT2D eigenvalue weighted by Crippen LogP contribution is -2.45. The van der Waals surface area contributed by atoms with Crippen molar-refractivity contribution in [1.82, 2.24) is 5.32 Å². The standard InChI is InChI=1S/C8H15N/c1-7-5-8(9-6-7)3-2-4-8/h7,9H,2-6H2,1H3. The van der Waals surface area contributed by atoms with Crippen LogP contribution in [0, 0.1) is 5.92 Å². The van der Waals surface area contributed by atoms with Crippen LogP contribution in [0.25, 0.3) is 0 Å². The predicted molar refractivity (Wildman–Crippen MR) is 38.4 cm³/mol. The molecule has 0 aromatic rings. The van der Waals surface area contributed by atoms with Gasteiger partial charge in [-0.15, -0.1) is 0 Å². The first-order valence-corrected chi connectivity index (χ1v) is 4.06. The van der Waals surface area contributed by atoms with E-state index in [0.717, 1.165) is 5.92 Å². The number of hydrogen-bond acceptors (Lipinski definition) is 1. The van der Waals surface area contributed by atoms with Crippen LogP contribution in [0.3, 0.4) is 0 Å². The third kappa shape index (κ3) is 0.787. The number of rotatable bonds is 0. The molecule has 1 aliphatic heterocycles. The molecule has 1 heteroatoms. The fourth-order valence-electron chi connectivity index (χ4n) is 2.19. The second-order valence-electron chi connectivity index (χ2n) is 3.82. The molecule has 52 valence electrons. The monoisotopic (exact) mass is 125 g/mol. The summed E-state index contributed by atoms with van der Waals surface area (Å²) in [6.07, 6.45) is 5.78. The normalized spacial score (nSPS) is 39.0. The third-order valence-electron chi connectivity index (χ3n) is 2.88. The Balaban J connectivity index is 1.99. The maximum Gasteiger partial charge on any atom is 0.0184 e. The Kier molecular flexibility index (Phi) is 1.10. The Hall–Kier alpha value is -0.0400. The maximum atomic E-state index is 3.62. The molecule has 1 nitrogen and oxygen atoms in total. The van der Waals surface area contributed by atoms with E-state index < -0.39 is 0 Å². The molecule has 1 atom stereocenters. The van der Waals surface area contributed by atoms with Crippen LogP contribution < -0.4 is 5.32 Å². The largest absolute Gasteiger partial charge is 0.311 e. The first kappa shape index (κ1) is 5.72. The van der Waals surface area contributed by atoms with Gasteiger partial charge in [0.1, 0.15) is 0 Å². The molecule has 1 saturated heterocycles. The highest BCUT2D eigenvalue weighted by molar-refractivity contribution is 5.01. The molecule has 2 rings (SSSR count). The Morgan fingerprint density at radius 1 is 1.44 bits per heavy atom. The summed E-state index contributed by atoms with van der Waals surface area (Å²) in [6.45, 7) is 3.61. The zero-order chi connectivity index (χ0) is 6.32. The minimum atomic E-state index is 0.638. The van der Waals surface area contributed by atoms with Gasteiger partial charge >= 0.3 is 0 Å². The highest BCUT2D eigenvalue weighted by Gasteiger charge is 2.41. The van der Waals surface area contributed by atoms with Crippen LogP contribution >= 0.6 is 0 Å². The molecule has 1 saturated carbocycles. The summed E-state index contributed by atoms with van der Waals surface area (Å²) >= 11 is 0. The van der Waals surface area contributed by atoms with Crippen molar-refractivity contribution in [3.63, 3.8) is 0 Å². The van der Waals surface area contributed by atoms with Gasteiger partial charge in [0.2, 0.25) is 0 Å². The average molecular weight is 125 g/mol. The third-order valence-corrected chi connectivity index (χ3v) is 2.88. The number of nitrogens with one attached hydrogen (secondary N) is 1. The van der Waals surface area contributed by atoms with E-state index in [4.69, 9.17) is 0 Å². The van der Waals surface area contributed by atoms with Crippen LogP contribution in [-0.2, 0) is 0 Å². The van der Waals surface area contributed by atoms with Crippen molar-refractivity contribution < 1.29 is 0 Å². The minimum Gasteiger partial charge on any atom is -0.311 e. The molecule has 2 fully saturated rings. The first-order chi connectivity index (χ1) is 4.31. The Bertz CT molecular complexity index is 116. The van der Waals surface area contributed by atoms with Crippen LogP contribution in [0.15, 0.2) is 0 Å². The Labute approximate surface area is 56.8 Å². The van der Waals surface area contributed by atoms with E-state index in [9.17, 15) is 0 Å². The van der Waals surface area contributed by atoms with Crippen LogP contribution in [0.4, 0.5) is 0 Å². The summed E-state index contributed by atoms with van der Waals surface area (Å²) in [5.41, 5.74) is 0.638. The molecule has 0 aromatic heterocycles. The molecule has 1 unspecified atom stereocenters. The molecule has 1 spiro atoms. The minimum absolute atomic E-state index is 0.638. The fraction of sp³-hybridized carbons (Fsp3) is 1.00. The van der Waals surface area contributed by atoms with Gasteiger partial charge in [-0.05, 0) is 38.1 Å². The Morgan fingerprint density at radius 3 is 2.44 bits per heavy atom. The molecule has 0 amide bonds. The summed E-state index contributed by atoms with van der Waals surface area (Å²) in [5, 5.41) is 3.62. The second kappa shape index (κ2) is 1.72. The van der Waals surface area contributed by atoms with E-state index in [1.165, 1.54) is 32.2 Å². The van der Waals surface area contributed by atoms with Crippen molar-refractivity contribution in [2.75, 3.05) is 6.54 Å². The molecular formula is C8H15N. The smallest absolute Gasteiger partial charge is 0.0184 e. The molecule has 0 bridgehead atoms. The first-order valence-electron chi connectivity index (χ1n) is 4.06. The van der Waals surface area contributed by atoms with E-state index in [0.29, 0.717) is 5.54 Å². The maximum absolute atomic E-state index is 3.62.